The zero-order valence-corrected chi connectivity index (χ0v) is 24.1. The second-order valence-electron chi connectivity index (χ2n) is 12.1. The summed E-state index contributed by atoms with van der Waals surface area (Å²) < 4.78 is 22.1. The van der Waals surface area contributed by atoms with Gasteiger partial charge in [0.2, 0.25) is 11.8 Å². The van der Waals surface area contributed by atoms with Crippen LogP contribution in [0.3, 0.4) is 0 Å². The summed E-state index contributed by atoms with van der Waals surface area (Å²) in [5.41, 5.74) is 0.361. The molecule has 0 aromatic heterocycles. The second kappa shape index (κ2) is 10.7. The standard InChI is InChI=1S/C32H39ClFN3O3/c1-3-19-8-11-22(12-9-19)35-29(38)28-26(23-7-5-6-20(4-2)27(23)34)32(31(37-28)14-16-40-17-15-31)24-13-10-21(33)18-25(24)36-30(32)39/h5-7,10,13,18-19,22,26,28,37H,3-4,8-9,11-12,14-17H2,1-2H3,(H,35,38)(H,36,39)/t19?,22?,26-,28+,32+/m0/s1. The Hall–Kier alpha value is -2.48. The molecule has 3 aliphatic heterocycles. The molecule has 3 heterocycles. The van der Waals surface area contributed by atoms with Gasteiger partial charge in [-0.1, -0.05) is 56.1 Å². The van der Waals surface area contributed by atoms with Gasteiger partial charge in [0.15, 0.2) is 0 Å². The molecule has 2 aromatic rings. The van der Waals surface area contributed by atoms with E-state index in [0.29, 0.717) is 60.2 Å². The maximum atomic E-state index is 16.3. The molecule has 2 amide bonds. The number of hydrogen-bond acceptors (Lipinski definition) is 4. The van der Waals surface area contributed by atoms with Gasteiger partial charge in [0.1, 0.15) is 11.2 Å². The molecular formula is C32H39ClFN3O3. The Morgan fingerprint density at radius 1 is 1.12 bits per heavy atom. The molecule has 0 bridgehead atoms. The molecule has 3 N–H and O–H groups in total. The van der Waals surface area contributed by atoms with Crippen molar-refractivity contribution in [1.29, 1.82) is 0 Å². The summed E-state index contributed by atoms with van der Waals surface area (Å²) >= 11 is 6.36. The Bertz CT molecular complexity index is 1300. The SMILES string of the molecule is CCc1cccc([C@H]2[C@H](C(=O)NC3CCC(CC)CC3)NC3(CCOCC3)[C@@]23C(=O)Nc2cc(Cl)ccc23)c1F. The topological polar surface area (TPSA) is 79.5 Å². The van der Waals surface area contributed by atoms with Crippen molar-refractivity contribution < 1.29 is 18.7 Å². The van der Waals surface area contributed by atoms with Gasteiger partial charge >= 0.3 is 0 Å². The summed E-state index contributed by atoms with van der Waals surface area (Å²) in [4.78, 5) is 28.7. The fraction of sp³-hybridized carbons (Fsp3) is 0.562. The predicted octanol–water partition coefficient (Wildman–Crippen LogP) is 5.62. The number of carbonyl (C=O) groups excluding carboxylic acids is 2. The maximum Gasteiger partial charge on any atom is 0.238 e. The maximum absolute atomic E-state index is 16.3. The fourth-order valence-corrected chi connectivity index (χ4v) is 8.31. The summed E-state index contributed by atoms with van der Waals surface area (Å²) in [5, 5.41) is 10.6. The molecular weight excluding hydrogens is 529 g/mol. The number of amides is 2. The number of fused-ring (bicyclic) bond motifs is 3. The molecule has 6 rings (SSSR count). The third kappa shape index (κ3) is 4.19. The van der Waals surface area contributed by atoms with E-state index in [1.165, 1.54) is 0 Å². The van der Waals surface area contributed by atoms with Crippen LogP contribution in [0.25, 0.3) is 0 Å². The van der Waals surface area contributed by atoms with Gasteiger partial charge in [-0.05, 0) is 79.7 Å². The lowest BCUT2D eigenvalue weighted by Gasteiger charge is -2.46. The van der Waals surface area contributed by atoms with Gasteiger partial charge in [-0.2, -0.15) is 0 Å². The predicted molar refractivity (Wildman–Crippen MR) is 154 cm³/mol. The van der Waals surface area contributed by atoms with Crippen LogP contribution in [0.4, 0.5) is 10.1 Å². The van der Waals surface area contributed by atoms with Crippen LogP contribution in [0, 0.1) is 11.7 Å². The molecule has 1 aliphatic carbocycles. The van der Waals surface area contributed by atoms with E-state index in [0.717, 1.165) is 37.7 Å². The lowest BCUT2D eigenvalue weighted by Crippen LogP contribution is -2.62. The summed E-state index contributed by atoms with van der Waals surface area (Å²) in [7, 11) is 0. The van der Waals surface area contributed by atoms with E-state index >= 15 is 4.39 Å². The van der Waals surface area contributed by atoms with Crippen molar-refractivity contribution in [3.63, 3.8) is 0 Å². The Kier molecular flexibility index (Phi) is 7.43. The number of benzene rings is 2. The van der Waals surface area contributed by atoms with E-state index in [1.807, 2.05) is 19.1 Å². The highest BCUT2D eigenvalue weighted by Crippen LogP contribution is 2.61. The third-order valence-corrected chi connectivity index (χ3v) is 10.5. The number of halogens is 2. The van der Waals surface area contributed by atoms with Crippen LogP contribution in [0.15, 0.2) is 36.4 Å². The number of hydrogen-bond donors (Lipinski definition) is 3. The van der Waals surface area contributed by atoms with E-state index in [1.54, 1.807) is 24.3 Å². The highest BCUT2D eigenvalue weighted by molar-refractivity contribution is 6.31. The van der Waals surface area contributed by atoms with Gasteiger partial charge < -0.3 is 15.4 Å². The van der Waals surface area contributed by atoms with Crippen LogP contribution in [-0.4, -0.2) is 42.7 Å². The normalized spacial score (nSPS) is 30.9. The lowest BCUT2D eigenvalue weighted by atomic mass is 9.57. The first-order chi connectivity index (χ1) is 19.3. The van der Waals surface area contributed by atoms with Crippen molar-refractivity contribution >= 4 is 29.1 Å². The first-order valence-electron chi connectivity index (χ1n) is 14.9. The first-order valence-corrected chi connectivity index (χ1v) is 15.3. The summed E-state index contributed by atoms with van der Waals surface area (Å²) in [6, 6.07) is 10.1. The quantitative estimate of drug-likeness (QED) is 0.438. The van der Waals surface area contributed by atoms with Crippen LogP contribution >= 0.6 is 11.6 Å². The van der Waals surface area contributed by atoms with Gasteiger partial charge in [0.25, 0.3) is 0 Å². The fourth-order valence-electron chi connectivity index (χ4n) is 8.14. The van der Waals surface area contributed by atoms with Crippen molar-refractivity contribution in [3.05, 3.63) is 63.9 Å². The molecule has 6 nitrogen and oxygen atoms in total. The Morgan fingerprint density at radius 2 is 1.88 bits per heavy atom. The first kappa shape index (κ1) is 27.7. The van der Waals surface area contributed by atoms with E-state index in [4.69, 9.17) is 16.3 Å². The van der Waals surface area contributed by atoms with E-state index in [-0.39, 0.29) is 23.7 Å². The number of aryl methyl sites for hydroxylation is 1. The minimum Gasteiger partial charge on any atom is -0.381 e. The molecule has 8 heteroatoms. The summed E-state index contributed by atoms with van der Waals surface area (Å²) in [6.07, 6.45) is 6.79. The average Bonchev–Trinajstić information content (AvgIpc) is 3.41. The van der Waals surface area contributed by atoms with Crippen LogP contribution in [0.1, 0.15) is 81.4 Å². The largest absolute Gasteiger partial charge is 0.381 e. The van der Waals surface area contributed by atoms with Gasteiger partial charge in [-0.25, -0.2) is 4.39 Å². The lowest BCUT2D eigenvalue weighted by molar-refractivity contribution is -0.125. The highest BCUT2D eigenvalue weighted by atomic mass is 35.5. The number of carbonyl (C=O) groups is 2. The third-order valence-electron chi connectivity index (χ3n) is 10.2. The molecule has 2 aromatic carbocycles. The number of anilines is 1. The van der Waals surface area contributed by atoms with Gasteiger partial charge in [-0.3, -0.25) is 14.9 Å². The molecule has 0 unspecified atom stereocenters. The van der Waals surface area contributed by atoms with Crippen LogP contribution in [-0.2, 0) is 26.2 Å². The van der Waals surface area contributed by atoms with Crippen molar-refractivity contribution in [1.82, 2.24) is 10.6 Å². The molecule has 2 saturated heterocycles. The van der Waals surface area contributed by atoms with Crippen LogP contribution in [0.5, 0.6) is 0 Å². The van der Waals surface area contributed by atoms with Crippen LogP contribution in [0.2, 0.25) is 5.02 Å². The van der Waals surface area contributed by atoms with E-state index < -0.39 is 22.9 Å². The van der Waals surface area contributed by atoms with Crippen molar-refractivity contribution in [3.8, 4) is 0 Å². The monoisotopic (exact) mass is 567 g/mol. The highest BCUT2D eigenvalue weighted by Gasteiger charge is 2.72. The molecule has 0 radical (unpaired) electrons. The average molecular weight is 568 g/mol. The molecule has 40 heavy (non-hydrogen) atoms. The Labute approximate surface area is 240 Å². The van der Waals surface area contributed by atoms with Crippen molar-refractivity contribution in [2.75, 3.05) is 18.5 Å². The second-order valence-corrected chi connectivity index (χ2v) is 12.5. The minimum absolute atomic E-state index is 0.0789. The van der Waals surface area contributed by atoms with Crippen LogP contribution < -0.4 is 16.0 Å². The Morgan fingerprint density at radius 3 is 2.58 bits per heavy atom. The Balaban J connectivity index is 1.51. The van der Waals surface area contributed by atoms with Gasteiger partial charge in [-0.15, -0.1) is 0 Å². The molecule has 3 fully saturated rings. The van der Waals surface area contributed by atoms with E-state index in [2.05, 4.69) is 22.9 Å². The van der Waals surface area contributed by atoms with E-state index in [9.17, 15) is 9.59 Å². The summed E-state index contributed by atoms with van der Waals surface area (Å²) in [5.74, 6) is -0.771. The van der Waals surface area contributed by atoms with Gasteiger partial charge in [0.05, 0.1) is 6.04 Å². The molecule has 2 spiro atoms. The zero-order valence-electron chi connectivity index (χ0n) is 23.3. The molecule has 214 valence electrons. The van der Waals surface area contributed by atoms with Crippen molar-refractivity contribution in [2.24, 2.45) is 5.92 Å². The van der Waals surface area contributed by atoms with Gasteiger partial charge in [0, 0.05) is 41.4 Å². The van der Waals surface area contributed by atoms with Crippen molar-refractivity contribution in [2.45, 2.75) is 94.2 Å². The molecule has 4 aliphatic rings. The zero-order chi connectivity index (χ0) is 28.1. The number of rotatable bonds is 5. The smallest absolute Gasteiger partial charge is 0.238 e. The number of ether oxygens (including phenoxy) is 1. The molecule has 3 atom stereocenters. The minimum atomic E-state index is -1.22. The molecule has 1 saturated carbocycles. The summed E-state index contributed by atoms with van der Waals surface area (Å²) in [6.45, 7) is 5.04. The number of nitrogens with one attached hydrogen (secondary N) is 3.